The van der Waals surface area contributed by atoms with Crippen molar-refractivity contribution < 1.29 is 28.5 Å². The molecule has 0 aliphatic carbocycles. The first-order chi connectivity index (χ1) is 11.6. The lowest BCUT2D eigenvalue weighted by atomic mass is 10.1. The Labute approximate surface area is 143 Å². The fourth-order valence-electron chi connectivity index (χ4n) is 2.71. The zero-order valence-corrected chi connectivity index (χ0v) is 14.7. The van der Waals surface area contributed by atoms with Crippen LogP contribution >= 0.6 is 0 Å². The van der Waals surface area contributed by atoms with Gasteiger partial charge < -0.3 is 23.7 Å². The van der Waals surface area contributed by atoms with Crippen LogP contribution in [-0.2, 0) is 30.3 Å². The minimum Gasteiger partial charge on any atom is -0.497 e. The van der Waals surface area contributed by atoms with Crippen molar-refractivity contribution in [1.82, 2.24) is 0 Å². The van der Waals surface area contributed by atoms with Crippen molar-refractivity contribution in [2.45, 2.75) is 51.3 Å². The summed E-state index contributed by atoms with van der Waals surface area (Å²) in [5.74, 6) is -0.378. The van der Waals surface area contributed by atoms with Gasteiger partial charge in [0.15, 0.2) is 11.9 Å². The summed E-state index contributed by atoms with van der Waals surface area (Å²) in [5, 5.41) is 0. The molecule has 0 spiro atoms. The minimum atomic E-state index is -0.759. The van der Waals surface area contributed by atoms with E-state index in [4.69, 9.17) is 23.7 Å². The van der Waals surface area contributed by atoms with Gasteiger partial charge in [0.2, 0.25) is 0 Å². The van der Waals surface area contributed by atoms with Crippen LogP contribution in [0.15, 0.2) is 24.3 Å². The molecular weight excluding hydrogens is 312 g/mol. The summed E-state index contributed by atoms with van der Waals surface area (Å²) in [6.07, 6.45) is 0.0826. The van der Waals surface area contributed by atoms with E-state index in [9.17, 15) is 4.79 Å². The lowest BCUT2D eigenvalue weighted by Gasteiger charge is -2.24. The van der Waals surface area contributed by atoms with Crippen molar-refractivity contribution in [3.63, 3.8) is 0 Å². The minimum absolute atomic E-state index is 0.257. The summed E-state index contributed by atoms with van der Waals surface area (Å²) in [5.41, 5.74) is 1.02. The molecule has 0 saturated carbocycles. The summed E-state index contributed by atoms with van der Waals surface area (Å²) in [6.45, 7) is 4.62. The van der Waals surface area contributed by atoms with E-state index in [0.29, 0.717) is 19.4 Å². The number of esters is 1. The molecule has 0 amide bonds. The molecule has 1 aromatic carbocycles. The molecule has 1 heterocycles. The van der Waals surface area contributed by atoms with Crippen LogP contribution in [-0.4, -0.2) is 44.8 Å². The molecule has 24 heavy (non-hydrogen) atoms. The fourth-order valence-corrected chi connectivity index (χ4v) is 2.71. The third kappa shape index (κ3) is 4.26. The van der Waals surface area contributed by atoms with Crippen molar-refractivity contribution in [2.75, 3.05) is 20.8 Å². The molecule has 1 aliphatic heterocycles. The van der Waals surface area contributed by atoms with Gasteiger partial charge in [-0.05, 0) is 30.5 Å². The van der Waals surface area contributed by atoms with E-state index in [0.717, 1.165) is 11.3 Å². The summed E-state index contributed by atoms with van der Waals surface area (Å²) < 4.78 is 27.5. The molecular formula is C18H26O6. The average molecular weight is 338 g/mol. The molecule has 6 heteroatoms. The highest BCUT2D eigenvalue weighted by Crippen LogP contribution is 2.35. The first-order valence-corrected chi connectivity index (χ1v) is 8.21. The predicted molar refractivity (Wildman–Crippen MR) is 87.7 cm³/mol. The van der Waals surface area contributed by atoms with Gasteiger partial charge >= 0.3 is 5.97 Å². The van der Waals surface area contributed by atoms with Gasteiger partial charge in [-0.15, -0.1) is 0 Å². The van der Waals surface area contributed by atoms with Crippen molar-refractivity contribution in [1.29, 1.82) is 0 Å². The van der Waals surface area contributed by atoms with Gasteiger partial charge in [0.05, 0.1) is 27.4 Å². The number of methoxy groups -OCH3 is 2. The second-order valence-electron chi connectivity index (χ2n) is 5.70. The Morgan fingerprint density at radius 2 is 1.79 bits per heavy atom. The standard InChI is InChI=1S/C18H26O6/c1-5-18(6-2)23-15(16(24-18)17(19)21-4)12-22-11-13-7-9-14(20-3)10-8-13/h7-10,15-16H,5-6,11-12H2,1-4H3. The maximum absolute atomic E-state index is 12.0. The Morgan fingerprint density at radius 1 is 1.12 bits per heavy atom. The maximum atomic E-state index is 12.0. The third-order valence-electron chi connectivity index (χ3n) is 4.27. The Kier molecular flexibility index (Phi) is 6.60. The van der Waals surface area contributed by atoms with Crippen LogP contribution in [0.3, 0.4) is 0 Å². The second-order valence-corrected chi connectivity index (χ2v) is 5.70. The maximum Gasteiger partial charge on any atom is 0.337 e. The van der Waals surface area contributed by atoms with Crippen LogP contribution in [0.1, 0.15) is 32.3 Å². The molecule has 0 N–H and O–H groups in total. The molecule has 6 nitrogen and oxygen atoms in total. The zero-order chi connectivity index (χ0) is 17.6. The lowest BCUT2D eigenvalue weighted by molar-refractivity contribution is -0.189. The topological polar surface area (TPSA) is 63.2 Å². The molecule has 1 saturated heterocycles. The number of hydrogen-bond donors (Lipinski definition) is 0. The molecule has 1 aromatic rings. The zero-order valence-electron chi connectivity index (χ0n) is 14.7. The number of rotatable bonds is 8. The monoisotopic (exact) mass is 338 g/mol. The van der Waals surface area contributed by atoms with Crippen molar-refractivity contribution in [2.24, 2.45) is 0 Å². The van der Waals surface area contributed by atoms with E-state index in [-0.39, 0.29) is 6.61 Å². The molecule has 1 aliphatic rings. The summed E-state index contributed by atoms with van der Waals surface area (Å²) in [7, 11) is 2.97. The molecule has 0 aromatic heterocycles. The quantitative estimate of drug-likeness (QED) is 0.679. The van der Waals surface area contributed by atoms with Gasteiger partial charge in [-0.1, -0.05) is 26.0 Å². The van der Waals surface area contributed by atoms with Gasteiger partial charge in [-0.2, -0.15) is 0 Å². The number of carbonyl (C=O) groups excluding carboxylic acids is 1. The average Bonchev–Trinajstić information content (AvgIpc) is 3.01. The van der Waals surface area contributed by atoms with Gasteiger partial charge in [0, 0.05) is 0 Å². The molecule has 2 rings (SSSR count). The molecule has 2 atom stereocenters. The first kappa shape index (κ1) is 18.7. The molecule has 0 bridgehead atoms. The SMILES string of the molecule is CCC1(CC)OC(COCc2ccc(OC)cc2)C(C(=O)OC)O1. The highest BCUT2D eigenvalue weighted by molar-refractivity contribution is 5.75. The molecule has 1 fully saturated rings. The highest BCUT2D eigenvalue weighted by atomic mass is 16.8. The van der Waals surface area contributed by atoms with E-state index in [1.165, 1.54) is 7.11 Å². The third-order valence-corrected chi connectivity index (χ3v) is 4.27. The van der Waals surface area contributed by atoms with Crippen LogP contribution in [0, 0.1) is 0 Å². The van der Waals surface area contributed by atoms with Crippen LogP contribution in [0.2, 0.25) is 0 Å². The van der Waals surface area contributed by atoms with Crippen LogP contribution < -0.4 is 4.74 Å². The predicted octanol–water partition coefficient (Wildman–Crippen LogP) is 2.69. The highest BCUT2D eigenvalue weighted by Gasteiger charge is 2.49. The van der Waals surface area contributed by atoms with Crippen LogP contribution in [0.5, 0.6) is 5.75 Å². The first-order valence-electron chi connectivity index (χ1n) is 8.21. The second kappa shape index (κ2) is 8.46. The number of ether oxygens (including phenoxy) is 5. The normalized spacial score (nSPS) is 22.3. The van der Waals surface area contributed by atoms with E-state index >= 15 is 0 Å². The van der Waals surface area contributed by atoms with Gasteiger partial charge in [-0.25, -0.2) is 4.79 Å². The van der Waals surface area contributed by atoms with Crippen molar-refractivity contribution in [3.05, 3.63) is 29.8 Å². The molecule has 134 valence electrons. The van der Waals surface area contributed by atoms with E-state index in [2.05, 4.69) is 0 Å². The number of benzene rings is 1. The number of carbonyl (C=O) groups is 1. The van der Waals surface area contributed by atoms with Crippen LogP contribution in [0.4, 0.5) is 0 Å². The van der Waals surface area contributed by atoms with E-state index in [1.807, 2.05) is 38.1 Å². The van der Waals surface area contributed by atoms with Gasteiger partial charge in [0.25, 0.3) is 0 Å². The van der Waals surface area contributed by atoms with E-state index in [1.54, 1.807) is 7.11 Å². The lowest BCUT2D eigenvalue weighted by Crippen LogP contribution is -2.35. The Hall–Kier alpha value is -1.63. The Morgan fingerprint density at radius 3 is 2.33 bits per heavy atom. The summed E-state index contributed by atoms with van der Waals surface area (Å²) in [4.78, 5) is 12.0. The van der Waals surface area contributed by atoms with Gasteiger partial charge in [0.1, 0.15) is 11.9 Å². The summed E-state index contributed by atoms with van der Waals surface area (Å²) >= 11 is 0. The van der Waals surface area contributed by atoms with Gasteiger partial charge in [-0.3, -0.25) is 0 Å². The summed E-state index contributed by atoms with van der Waals surface area (Å²) in [6, 6.07) is 7.63. The van der Waals surface area contributed by atoms with Crippen LogP contribution in [0.25, 0.3) is 0 Å². The fraction of sp³-hybridized carbons (Fsp3) is 0.611. The smallest absolute Gasteiger partial charge is 0.337 e. The van der Waals surface area contributed by atoms with E-state index < -0.39 is 24.0 Å². The molecule has 0 radical (unpaired) electrons. The number of hydrogen-bond acceptors (Lipinski definition) is 6. The van der Waals surface area contributed by atoms with Crippen molar-refractivity contribution in [3.8, 4) is 5.75 Å². The molecule has 2 unspecified atom stereocenters. The largest absolute Gasteiger partial charge is 0.497 e. The van der Waals surface area contributed by atoms with Crippen molar-refractivity contribution >= 4 is 5.97 Å². The Bertz CT molecular complexity index is 523. The Balaban J connectivity index is 1.94.